The van der Waals surface area contributed by atoms with E-state index in [9.17, 15) is 4.79 Å². The van der Waals surface area contributed by atoms with Crippen LogP contribution in [0, 0.1) is 0 Å². The molecular formula is C24H27BrN2O4S. The monoisotopic (exact) mass is 518 g/mol. The van der Waals surface area contributed by atoms with Crippen LogP contribution in [0.5, 0.6) is 17.2 Å². The lowest BCUT2D eigenvalue weighted by Gasteiger charge is -2.17. The molecule has 2 aromatic carbocycles. The van der Waals surface area contributed by atoms with Crippen molar-refractivity contribution in [2.45, 2.75) is 33.3 Å². The van der Waals surface area contributed by atoms with Crippen molar-refractivity contribution in [2.75, 3.05) is 20.8 Å². The predicted molar refractivity (Wildman–Crippen MR) is 134 cm³/mol. The van der Waals surface area contributed by atoms with Crippen molar-refractivity contribution >= 4 is 50.5 Å². The van der Waals surface area contributed by atoms with Gasteiger partial charge in [0.1, 0.15) is 5.75 Å². The Kier molecular flexibility index (Phi) is 8.26. The first kappa shape index (κ1) is 24.2. The van der Waals surface area contributed by atoms with Crippen LogP contribution in [0.3, 0.4) is 0 Å². The van der Waals surface area contributed by atoms with Gasteiger partial charge in [-0.3, -0.25) is 9.69 Å². The van der Waals surface area contributed by atoms with Crippen molar-refractivity contribution in [3.63, 3.8) is 0 Å². The lowest BCUT2D eigenvalue weighted by molar-refractivity contribution is -0.122. The Balaban J connectivity index is 1.91. The van der Waals surface area contributed by atoms with E-state index >= 15 is 0 Å². The summed E-state index contributed by atoms with van der Waals surface area (Å²) in [7, 11) is 3.23. The van der Waals surface area contributed by atoms with Crippen molar-refractivity contribution < 1.29 is 19.0 Å². The molecule has 0 radical (unpaired) electrons. The number of rotatable bonds is 8. The van der Waals surface area contributed by atoms with Crippen molar-refractivity contribution in [3.05, 3.63) is 51.3 Å². The second kappa shape index (κ2) is 10.9. The number of methoxy groups -OCH3 is 2. The lowest BCUT2D eigenvalue weighted by Crippen LogP contribution is -2.28. The molecule has 0 N–H and O–H groups in total. The molecule has 1 heterocycles. The molecule has 0 bridgehead atoms. The number of carbonyl (C=O) groups is 1. The van der Waals surface area contributed by atoms with Gasteiger partial charge in [-0.1, -0.05) is 6.92 Å². The highest BCUT2D eigenvalue weighted by Gasteiger charge is 2.32. The number of carbonyl (C=O) groups excluding carboxylic acids is 1. The zero-order chi connectivity index (χ0) is 23.3. The molecule has 170 valence electrons. The van der Waals surface area contributed by atoms with Gasteiger partial charge < -0.3 is 14.2 Å². The first-order chi connectivity index (χ1) is 15.4. The molecule has 0 unspecified atom stereocenters. The molecule has 1 aliphatic rings. The molecule has 0 aromatic heterocycles. The smallest absolute Gasteiger partial charge is 0.266 e. The lowest BCUT2D eigenvalue weighted by atomic mass is 10.1. The molecule has 0 spiro atoms. The predicted octanol–water partition coefficient (Wildman–Crippen LogP) is 6.27. The maximum absolute atomic E-state index is 13.0. The summed E-state index contributed by atoms with van der Waals surface area (Å²) >= 11 is 4.94. The zero-order valence-corrected chi connectivity index (χ0v) is 21.2. The Morgan fingerprint density at radius 1 is 1.16 bits per heavy atom. The number of ether oxygens (including phenoxy) is 3. The third-order valence-electron chi connectivity index (χ3n) is 4.94. The van der Waals surface area contributed by atoms with Crippen LogP contribution in [0.15, 0.2) is 50.8 Å². The summed E-state index contributed by atoms with van der Waals surface area (Å²) in [5.41, 5.74) is 1.60. The number of halogens is 1. The maximum Gasteiger partial charge on any atom is 0.266 e. The standard InChI is InChI=1S/C24H27BrN2O4S/c1-6-15(3)31-22-19(25)12-16(13-20(22)30-5)14-21-23(28)27(7-2)24(32-21)26-17-8-10-18(29-4)11-9-17/h8-15H,6-7H2,1-5H3/b21-14+,26-24?/t15-/m1/s1. The summed E-state index contributed by atoms with van der Waals surface area (Å²) in [6.07, 6.45) is 2.80. The summed E-state index contributed by atoms with van der Waals surface area (Å²) in [4.78, 5) is 19.9. The Hall–Kier alpha value is -2.45. The van der Waals surface area contributed by atoms with E-state index in [1.54, 1.807) is 19.1 Å². The molecule has 3 rings (SSSR count). The van der Waals surface area contributed by atoms with E-state index in [0.29, 0.717) is 28.1 Å². The SMILES string of the molecule is CC[C@@H](C)Oc1c(Br)cc(/C=C2/SC(=Nc3ccc(OC)cc3)N(CC)C2=O)cc1OC. The van der Waals surface area contributed by atoms with Gasteiger partial charge in [0.2, 0.25) is 0 Å². The van der Waals surface area contributed by atoms with Crippen LogP contribution in [-0.4, -0.2) is 42.8 Å². The van der Waals surface area contributed by atoms with Crippen LogP contribution in [0.2, 0.25) is 0 Å². The molecule has 1 saturated heterocycles. The van der Waals surface area contributed by atoms with Gasteiger partial charge in [-0.05, 0) is 96.0 Å². The minimum atomic E-state index is -0.0696. The fourth-order valence-corrected chi connectivity index (χ4v) is 4.63. The van der Waals surface area contributed by atoms with Crippen molar-refractivity contribution in [1.82, 2.24) is 4.90 Å². The number of hydrogen-bond donors (Lipinski definition) is 0. The Morgan fingerprint density at radius 2 is 1.88 bits per heavy atom. The van der Waals surface area contributed by atoms with Crippen molar-refractivity contribution in [2.24, 2.45) is 4.99 Å². The minimum absolute atomic E-state index is 0.0613. The highest BCUT2D eigenvalue weighted by atomic mass is 79.9. The van der Waals surface area contributed by atoms with E-state index in [1.807, 2.05) is 56.3 Å². The Bertz CT molecular complexity index is 1040. The molecule has 0 saturated carbocycles. The average molecular weight is 519 g/mol. The summed E-state index contributed by atoms with van der Waals surface area (Å²) in [5, 5.41) is 0.650. The number of thioether (sulfide) groups is 1. The molecule has 1 aliphatic heterocycles. The van der Waals surface area contributed by atoms with E-state index in [0.717, 1.165) is 27.9 Å². The molecule has 1 atom stereocenters. The van der Waals surface area contributed by atoms with Crippen LogP contribution in [-0.2, 0) is 4.79 Å². The van der Waals surface area contributed by atoms with Crippen LogP contribution in [0.4, 0.5) is 5.69 Å². The molecule has 6 nitrogen and oxygen atoms in total. The molecule has 8 heteroatoms. The Morgan fingerprint density at radius 3 is 2.47 bits per heavy atom. The molecule has 2 aromatic rings. The third-order valence-corrected chi connectivity index (χ3v) is 6.54. The largest absolute Gasteiger partial charge is 0.497 e. The number of amides is 1. The summed E-state index contributed by atoms with van der Waals surface area (Å²) in [6.45, 7) is 6.55. The number of nitrogens with zero attached hydrogens (tertiary/aromatic N) is 2. The van der Waals surface area contributed by atoms with Gasteiger partial charge in [0.25, 0.3) is 5.91 Å². The van der Waals surface area contributed by atoms with E-state index in [1.165, 1.54) is 11.8 Å². The zero-order valence-electron chi connectivity index (χ0n) is 18.8. The van der Waals surface area contributed by atoms with E-state index < -0.39 is 0 Å². The molecule has 32 heavy (non-hydrogen) atoms. The number of benzene rings is 2. The van der Waals surface area contributed by atoms with Gasteiger partial charge in [-0.25, -0.2) is 4.99 Å². The number of likely N-dealkylation sites (N-methyl/N-ethyl adjacent to an activating group) is 1. The molecule has 1 fully saturated rings. The van der Waals surface area contributed by atoms with Gasteiger partial charge in [0.15, 0.2) is 16.7 Å². The topological polar surface area (TPSA) is 60.4 Å². The number of hydrogen-bond acceptors (Lipinski definition) is 6. The van der Waals surface area contributed by atoms with E-state index in [-0.39, 0.29) is 12.0 Å². The summed E-state index contributed by atoms with van der Waals surface area (Å²) < 4.78 is 17.5. The van der Waals surface area contributed by atoms with Gasteiger partial charge in [0.05, 0.1) is 35.4 Å². The second-order valence-corrected chi connectivity index (χ2v) is 8.99. The minimum Gasteiger partial charge on any atom is -0.497 e. The first-order valence-electron chi connectivity index (χ1n) is 10.4. The van der Waals surface area contributed by atoms with Gasteiger partial charge in [-0.15, -0.1) is 0 Å². The second-order valence-electron chi connectivity index (χ2n) is 7.12. The van der Waals surface area contributed by atoms with Crippen LogP contribution in [0.1, 0.15) is 32.8 Å². The van der Waals surface area contributed by atoms with Crippen LogP contribution < -0.4 is 14.2 Å². The fraction of sp³-hybridized carbons (Fsp3) is 0.333. The fourth-order valence-electron chi connectivity index (χ4n) is 3.01. The van der Waals surface area contributed by atoms with Gasteiger partial charge in [0, 0.05) is 6.54 Å². The molecular weight excluding hydrogens is 492 g/mol. The van der Waals surface area contributed by atoms with Crippen molar-refractivity contribution in [3.8, 4) is 17.2 Å². The number of amidine groups is 1. The van der Waals surface area contributed by atoms with Gasteiger partial charge >= 0.3 is 0 Å². The van der Waals surface area contributed by atoms with Crippen LogP contribution in [0.25, 0.3) is 6.08 Å². The van der Waals surface area contributed by atoms with Gasteiger partial charge in [-0.2, -0.15) is 0 Å². The summed E-state index contributed by atoms with van der Waals surface area (Å²) in [5.74, 6) is 1.96. The summed E-state index contributed by atoms with van der Waals surface area (Å²) in [6, 6.07) is 11.2. The van der Waals surface area contributed by atoms with Crippen LogP contribution >= 0.6 is 27.7 Å². The normalized spacial score (nSPS) is 17.2. The maximum atomic E-state index is 13.0. The molecule has 1 amide bonds. The Labute approximate surface area is 201 Å². The first-order valence-corrected chi connectivity index (χ1v) is 12.0. The van der Waals surface area contributed by atoms with E-state index in [2.05, 4.69) is 27.8 Å². The van der Waals surface area contributed by atoms with Crippen molar-refractivity contribution in [1.29, 1.82) is 0 Å². The quantitative estimate of drug-likeness (QED) is 0.385. The highest BCUT2D eigenvalue weighted by Crippen LogP contribution is 2.40. The van der Waals surface area contributed by atoms with E-state index in [4.69, 9.17) is 14.2 Å². The highest BCUT2D eigenvalue weighted by molar-refractivity contribution is 9.10. The molecule has 0 aliphatic carbocycles. The number of aliphatic imine (C=N–C) groups is 1. The third kappa shape index (κ3) is 5.48. The average Bonchev–Trinajstić information content (AvgIpc) is 3.09.